The van der Waals surface area contributed by atoms with Gasteiger partial charge in [-0.3, -0.25) is 9.00 Å². The summed E-state index contributed by atoms with van der Waals surface area (Å²) >= 11 is 0. The molecule has 0 heterocycles. The van der Waals surface area contributed by atoms with Crippen LogP contribution in [0.1, 0.15) is 39.0 Å². The molecule has 2 nitrogen and oxygen atoms in total. The van der Waals surface area contributed by atoms with Crippen molar-refractivity contribution < 1.29 is 9.00 Å². The third-order valence-electron chi connectivity index (χ3n) is 2.33. The summed E-state index contributed by atoms with van der Waals surface area (Å²) in [6, 6.07) is 0. The second kappa shape index (κ2) is 4.75. The lowest BCUT2D eigenvalue weighted by molar-refractivity contribution is -0.116. The fourth-order valence-electron chi connectivity index (χ4n) is 1.56. The maximum Gasteiger partial charge on any atom is 0.130 e. The van der Waals surface area contributed by atoms with E-state index in [0.717, 1.165) is 12.8 Å². The minimum atomic E-state index is -0.737. The predicted octanol–water partition coefficient (Wildman–Crippen LogP) is 1.66. The second-order valence-electron chi connectivity index (χ2n) is 3.44. The first-order valence-corrected chi connectivity index (χ1v) is 5.95. The third-order valence-corrected chi connectivity index (χ3v) is 4.15. The Kier molecular flexibility index (Phi) is 3.92. The van der Waals surface area contributed by atoms with Gasteiger partial charge in [-0.05, 0) is 19.8 Å². The van der Waals surface area contributed by atoms with Gasteiger partial charge < -0.3 is 0 Å². The molecule has 70 valence electrons. The molecule has 0 bridgehead atoms. The summed E-state index contributed by atoms with van der Waals surface area (Å²) in [5, 5.41) is 0.393. The maximum atomic E-state index is 11.5. The maximum absolute atomic E-state index is 11.5. The zero-order chi connectivity index (χ0) is 8.97. The van der Waals surface area contributed by atoms with E-state index in [-0.39, 0.29) is 5.78 Å². The molecule has 0 saturated heterocycles. The number of hydrogen-bond acceptors (Lipinski definition) is 2. The number of carbonyl (C=O) groups excluding carboxylic acids is 1. The largest absolute Gasteiger partial charge is 0.300 e. The first kappa shape index (κ1) is 9.90. The zero-order valence-electron chi connectivity index (χ0n) is 7.54. The summed E-state index contributed by atoms with van der Waals surface area (Å²) in [7, 11) is -0.737. The standard InChI is InChI=1S/C9H16O2S/c1-8(10)6-7-12(11)9-4-2-3-5-9/h9H,2-7H2,1H3. The minimum absolute atomic E-state index is 0.154. The number of Topliss-reactive ketones (excluding diaryl/α,β-unsaturated/α-hetero) is 1. The average Bonchev–Trinajstić information content (AvgIpc) is 2.51. The van der Waals surface area contributed by atoms with Crippen LogP contribution in [0.15, 0.2) is 0 Å². The van der Waals surface area contributed by atoms with Gasteiger partial charge in [-0.15, -0.1) is 0 Å². The molecule has 0 aromatic carbocycles. The second-order valence-corrected chi connectivity index (χ2v) is 5.28. The lowest BCUT2D eigenvalue weighted by Crippen LogP contribution is -2.15. The van der Waals surface area contributed by atoms with Gasteiger partial charge in [-0.25, -0.2) is 0 Å². The van der Waals surface area contributed by atoms with Crippen molar-refractivity contribution in [3.05, 3.63) is 0 Å². The minimum Gasteiger partial charge on any atom is -0.300 e. The number of hydrogen-bond donors (Lipinski definition) is 0. The molecule has 1 saturated carbocycles. The molecular formula is C9H16O2S. The highest BCUT2D eigenvalue weighted by Gasteiger charge is 2.20. The summed E-state index contributed by atoms with van der Waals surface area (Å²) in [5.41, 5.74) is 0. The van der Waals surface area contributed by atoms with Crippen LogP contribution in [0.25, 0.3) is 0 Å². The molecule has 0 radical (unpaired) electrons. The van der Waals surface area contributed by atoms with Gasteiger partial charge in [0.1, 0.15) is 5.78 Å². The van der Waals surface area contributed by atoms with E-state index in [0.29, 0.717) is 17.4 Å². The number of rotatable bonds is 4. The molecule has 3 heteroatoms. The Morgan fingerprint density at radius 3 is 2.50 bits per heavy atom. The molecule has 0 amide bonds. The van der Waals surface area contributed by atoms with Crippen LogP contribution in [0.4, 0.5) is 0 Å². The first-order valence-electron chi connectivity index (χ1n) is 4.57. The zero-order valence-corrected chi connectivity index (χ0v) is 8.36. The predicted molar refractivity (Wildman–Crippen MR) is 50.6 cm³/mol. The molecular weight excluding hydrogens is 172 g/mol. The van der Waals surface area contributed by atoms with Crippen molar-refractivity contribution in [3.63, 3.8) is 0 Å². The molecule has 1 atom stereocenters. The van der Waals surface area contributed by atoms with Crippen molar-refractivity contribution in [3.8, 4) is 0 Å². The van der Waals surface area contributed by atoms with Crippen LogP contribution >= 0.6 is 0 Å². The monoisotopic (exact) mass is 188 g/mol. The van der Waals surface area contributed by atoms with Gasteiger partial charge in [0, 0.05) is 28.2 Å². The first-order chi connectivity index (χ1) is 5.70. The Morgan fingerprint density at radius 2 is 2.00 bits per heavy atom. The Labute approximate surface area is 76.2 Å². The fourth-order valence-corrected chi connectivity index (χ4v) is 3.24. The van der Waals surface area contributed by atoms with Crippen LogP contribution in [-0.4, -0.2) is 21.0 Å². The van der Waals surface area contributed by atoms with E-state index in [2.05, 4.69) is 0 Å². The molecule has 1 fully saturated rings. The van der Waals surface area contributed by atoms with Crippen molar-refractivity contribution in [1.82, 2.24) is 0 Å². The van der Waals surface area contributed by atoms with Crippen LogP contribution in [0.2, 0.25) is 0 Å². The average molecular weight is 188 g/mol. The molecule has 1 aliphatic carbocycles. The molecule has 0 aromatic heterocycles. The highest BCUT2D eigenvalue weighted by molar-refractivity contribution is 7.85. The smallest absolute Gasteiger partial charge is 0.130 e. The van der Waals surface area contributed by atoms with E-state index in [1.54, 1.807) is 6.92 Å². The summed E-state index contributed by atoms with van der Waals surface area (Å²) in [6.45, 7) is 1.56. The van der Waals surface area contributed by atoms with Crippen molar-refractivity contribution in [2.75, 3.05) is 5.75 Å². The van der Waals surface area contributed by atoms with E-state index in [9.17, 15) is 9.00 Å². The van der Waals surface area contributed by atoms with Gasteiger partial charge >= 0.3 is 0 Å². The highest BCUT2D eigenvalue weighted by atomic mass is 32.2. The third kappa shape index (κ3) is 3.05. The molecule has 0 N–H and O–H groups in total. The van der Waals surface area contributed by atoms with Crippen LogP contribution in [0.3, 0.4) is 0 Å². The van der Waals surface area contributed by atoms with E-state index in [4.69, 9.17) is 0 Å². The molecule has 1 rings (SSSR count). The molecule has 1 aliphatic rings. The van der Waals surface area contributed by atoms with E-state index < -0.39 is 10.8 Å². The van der Waals surface area contributed by atoms with Gasteiger partial charge in [0.05, 0.1) is 0 Å². The van der Waals surface area contributed by atoms with Crippen molar-refractivity contribution in [2.24, 2.45) is 0 Å². The topological polar surface area (TPSA) is 34.1 Å². The summed E-state index contributed by atoms with van der Waals surface area (Å²) in [5.74, 6) is 0.737. The Balaban J connectivity index is 2.23. The van der Waals surface area contributed by atoms with E-state index in [1.165, 1.54) is 12.8 Å². The summed E-state index contributed by atoms with van der Waals surface area (Å²) < 4.78 is 11.5. The van der Waals surface area contributed by atoms with Crippen LogP contribution in [-0.2, 0) is 15.6 Å². The fraction of sp³-hybridized carbons (Fsp3) is 0.889. The van der Waals surface area contributed by atoms with Crippen LogP contribution < -0.4 is 0 Å². The summed E-state index contributed by atoms with van der Waals surface area (Å²) in [4.78, 5) is 10.6. The molecule has 0 aromatic rings. The van der Waals surface area contributed by atoms with Crippen LogP contribution in [0.5, 0.6) is 0 Å². The van der Waals surface area contributed by atoms with Crippen LogP contribution in [0, 0.1) is 0 Å². The summed E-state index contributed by atoms with van der Waals surface area (Å²) in [6.07, 6.45) is 5.13. The SMILES string of the molecule is CC(=O)CCS(=O)C1CCCC1. The van der Waals surface area contributed by atoms with Gasteiger partial charge in [0.25, 0.3) is 0 Å². The van der Waals surface area contributed by atoms with Gasteiger partial charge in [-0.2, -0.15) is 0 Å². The van der Waals surface area contributed by atoms with Crippen molar-refractivity contribution >= 4 is 16.6 Å². The Bertz CT molecular complexity index is 183. The number of carbonyl (C=O) groups is 1. The van der Waals surface area contributed by atoms with Gasteiger partial charge in [-0.1, -0.05) is 12.8 Å². The molecule has 0 spiro atoms. The Morgan fingerprint density at radius 1 is 1.42 bits per heavy atom. The van der Waals surface area contributed by atoms with Crippen molar-refractivity contribution in [2.45, 2.75) is 44.3 Å². The quantitative estimate of drug-likeness (QED) is 0.672. The van der Waals surface area contributed by atoms with Gasteiger partial charge in [0.2, 0.25) is 0 Å². The molecule has 0 aliphatic heterocycles. The van der Waals surface area contributed by atoms with Crippen molar-refractivity contribution in [1.29, 1.82) is 0 Å². The Hall–Kier alpha value is -0.180. The lowest BCUT2D eigenvalue weighted by Gasteiger charge is -2.06. The van der Waals surface area contributed by atoms with E-state index >= 15 is 0 Å². The van der Waals surface area contributed by atoms with Gasteiger partial charge in [0.15, 0.2) is 0 Å². The molecule has 12 heavy (non-hydrogen) atoms. The number of ketones is 1. The normalized spacial score (nSPS) is 21.1. The lowest BCUT2D eigenvalue weighted by atomic mass is 10.3. The highest BCUT2D eigenvalue weighted by Crippen LogP contribution is 2.23. The molecule has 1 unspecified atom stereocenters. The van der Waals surface area contributed by atoms with E-state index in [1.807, 2.05) is 0 Å².